The molecule has 3 rings (SSSR count). The SMILES string of the molecule is CN(CC(O)C1CC1)C(=O)C1SCCc2sccc21. The fourth-order valence-corrected chi connectivity index (χ4v) is 4.96. The highest BCUT2D eigenvalue weighted by Crippen LogP contribution is 2.40. The zero-order valence-corrected chi connectivity index (χ0v) is 12.7. The molecule has 1 saturated carbocycles. The minimum atomic E-state index is -0.343. The van der Waals surface area contributed by atoms with Gasteiger partial charge < -0.3 is 10.0 Å². The number of aryl methyl sites for hydroxylation is 1. The molecule has 1 aliphatic heterocycles. The largest absolute Gasteiger partial charge is 0.391 e. The van der Waals surface area contributed by atoms with E-state index in [-0.39, 0.29) is 17.3 Å². The number of fused-ring (bicyclic) bond motifs is 1. The lowest BCUT2D eigenvalue weighted by Crippen LogP contribution is -2.38. The molecule has 1 aliphatic carbocycles. The number of thiophene rings is 1. The number of hydrogen-bond acceptors (Lipinski definition) is 4. The van der Waals surface area contributed by atoms with Crippen LogP contribution in [-0.2, 0) is 11.2 Å². The summed E-state index contributed by atoms with van der Waals surface area (Å²) in [5, 5.41) is 12.0. The molecule has 2 aliphatic rings. The van der Waals surface area contributed by atoms with E-state index in [1.807, 2.05) is 7.05 Å². The van der Waals surface area contributed by atoms with Gasteiger partial charge in [-0.15, -0.1) is 23.1 Å². The van der Waals surface area contributed by atoms with Gasteiger partial charge in [0.15, 0.2) is 0 Å². The maximum Gasteiger partial charge on any atom is 0.240 e. The quantitative estimate of drug-likeness (QED) is 0.927. The third kappa shape index (κ3) is 2.83. The first-order valence-electron chi connectivity index (χ1n) is 6.77. The minimum Gasteiger partial charge on any atom is -0.391 e. The predicted molar refractivity (Wildman–Crippen MR) is 79.6 cm³/mol. The molecular weight excluding hydrogens is 278 g/mol. The van der Waals surface area contributed by atoms with Gasteiger partial charge in [0.25, 0.3) is 0 Å². The number of rotatable bonds is 4. The molecule has 1 N–H and O–H groups in total. The number of hydrogen-bond donors (Lipinski definition) is 1. The smallest absolute Gasteiger partial charge is 0.240 e. The van der Waals surface area contributed by atoms with Crippen molar-refractivity contribution in [2.75, 3.05) is 19.3 Å². The highest BCUT2D eigenvalue weighted by molar-refractivity contribution is 8.00. The van der Waals surface area contributed by atoms with Gasteiger partial charge >= 0.3 is 0 Å². The van der Waals surface area contributed by atoms with Crippen molar-refractivity contribution in [2.24, 2.45) is 5.92 Å². The number of nitrogens with zero attached hydrogens (tertiary/aromatic N) is 1. The summed E-state index contributed by atoms with van der Waals surface area (Å²) in [5.41, 5.74) is 1.19. The Hall–Kier alpha value is -0.520. The lowest BCUT2D eigenvalue weighted by Gasteiger charge is -2.28. The highest BCUT2D eigenvalue weighted by Gasteiger charge is 2.34. The van der Waals surface area contributed by atoms with Crippen molar-refractivity contribution < 1.29 is 9.90 Å². The van der Waals surface area contributed by atoms with E-state index in [0.717, 1.165) is 25.0 Å². The summed E-state index contributed by atoms with van der Waals surface area (Å²) in [6, 6.07) is 2.08. The number of carbonyl (C=O) groups excluding carboxylic acids is 1. The zero-order chi connectivity index (χ0) is 13.4. The standard InChI is InChI=1S/C14H19NO2S2/c1-15(8-11(16)9-2-3-9)14(17)13-10-4-6-18-12(10)5-7-19-13/h4,6,9,11,13,16H,2-3,5,7-8H2,1H3. The molecule has 0 spiro atoms. The topological polar surface area (TPSA) is 40.5 Å². The van der Waals surface area contributed by atoms with Crippen molar-refractivity contribution >= 4 is 29.0 Å². The Bertz CT molecular complexity index is 470. The minimum absolute atomic E-state index is 0.0635. The van der Waals surface area contributed by atoms with Crippen LogP contribution in [0.3, 0.4) is 0 Å². The van der Waals surface area contributed by atoms with Crippen LogP contribution in [0.15, 0.2) is 11.4 Å². The maximum absolute atomic E-state index is 12.5. The van der Waals surface area contributed by atoms with Gasteiger partial charge in [0.1, 0.15) is 5.25 Å². The molecule has 1 amide bonds. The Morgan fingerprint density at radius 2 is 2.37 bits per heavy atom. The van der Waals surface area contributed by atoms with E-state index < -0.39 is 0 Å². The van der Waals surface area contributed by atoms with Crippen LogP contribution >= 0.6 is 23.1 Å². The summed E-state index contributed by atoms with van der Waals surface area (Å²) >= 11 is 3.49. The van der Waals surface area contributed by atoms with E-state index in [2.05, 4.69) is 11.4 Å². The summed E-state index contributed by atoms with van der Waals surface area (Å²) in [5.74, 6) is 1.58. The van der Waals surface area contributed by atoms with Crippen LogP contribution in [0.2, 0.25) is 0 Å². The average Bonchev–Trinajstić information content (AvgIpc) is 3.15. The molecule has 2 unspecified atom stereocenters. The second kappa shape index (κ2) is 5.46. The summed E-state index contributed by atoms with van der Waals surface area (Å²) in [4.78, 5) is 15.6. The van der Waals surface area contributed by atoms with Gasteiger partial charge in [-0.1, -0.05) is 0 Å². The van der Waals surface area contributed by atoms with Crippen LogP contribution in [0, 0.1) is 5.92 Å². The number of amides is 1. The lowest BCUT2D eigenvalue weighted by atomic mass is 10.1. The predicted octanol–water partition coefficient (Wildman–Crippen LogP) is 2.31. The molecule has 2 heterocycles. The summed E-state index contributed by atoms with van der Waals surface area (Å²) in [6.07, 6.45) is 2.95. The van der Waals surface area contributed by atoms with E-state index in [1.54, 1.807) is 28.0 Å². The van der Waals surface area contributed by atoms with E-state index in [4.69, 9.17) is 0 Å². The van der Waals surface area contributed by atoms with Crippen molar-refractivity contribution in [3.63, 3.8) is 0 Å². The van der Waals surface area contributed by atoms with Crippen LogP contribution in [0.4, 0.5) is 0 Å². The summed E-state index contributed by atoms with van der Waals surface area (Å²) in [7, 11) is 1.81. The normalized spacial score (nSPS) is 23.8. The van der Waals surface area contributed by atoms with Crippen molar-refractivity contribution in [3.8, 4) is 0 Å². The van der Waals surface area contributed by atoms with Gasteiger partial charge in [-0.3, -0.25) is 4.79 Å². The van der Waals surface area contributed by atoms with E-state index in [9.17, 15) is 9.90 Å². The third-order valence-electron chi connectivity index (χ3n) is 3.90. The molecule has 1 aromatic rings. The van der Waals surface area contributed by atoms with Crippen LogP contribution in [0.25, 0.3) is 0 Å². The Morgan fingerprint density at radius 1 is 1.58 bits per heavy atom. The van der Waals surface area contributed by atoms with Crippen molar-refractivity contribution in [1.29, 1.82) is 0 Å². The first-order valence-corrected chi connectivity index (χ1v) is 8.70. The fraction of sp³-hybridized carbons (Fsp3) is 0.643. The van der Waals surface area contributed by atoms with E-state index in [1.165, 1.54) is 10.4 Å². The molecule has 19 heavy (non-hydrogen) atoms. The van der Waals surface area contributed by atoms with Crippen LogP contribution in [0.5, 0.6) is 0 Å². The number of thioether (sulfide) groups is 1. The van der Waals surface area contributed by atoms with E-state index in [0.29, 0.717) is 12.5 Å². The first-order chi connectivity index (χ1) is 9.16. The van der Waals surface area contributed by atoms with Crippen molar-refractivity contribution in [2.45, 2.75) is 30.6 Å². The Kier molecular flexibility index (Phi) is 3.87. The molecule has 5 heteroatoms. The molecule has 104 valence electrons. The second-order valence-electron chi connectivity index (χ2n) is 5.42. The van der Waals surface area contributed by atoms with Gasteiger partial charge in [-0.05, 0) is 47.9 Å². The fourth-order valence-electron chi connectivity index (χ4n) is 2.55. The molecule has 0 aromatic carbocycles. The Labute approximate surface area is 122 Å². The summed E-state index contributed by atoms with van der Waals surface area (Å²) in [6.45, 7) is 0.472. The van der Waals surface area contributed by atoms with Crippen molar-refractivity contribution in [1.82, 2.24) is 4.90 Å². The highest BCUT2D eigenvalue weighted by atomic mass is 32.2. The molecule has 1 fully saturated rings. The van der Waals surface area contributed by atoms with Gasteiger partial charge in [-0.25, -0.2) is 0 Å². The molecular formula is C14H19NO2S2. The molecule has 0 radical (unpaired) electrons. The molecule has 0 saturated heterocycles. The Balaban J connectivity index is 1.67. The summed E-state index contributed by atoms with van der Waals surface area (Å²) < 4.78 is 0. The number of likely N-dealkylation sites (N-methyl/N-ethyl adjacent to an activating group) is 1. The van der Waals surface area contributed by atoms with Gasteiger partial charge in [0.05, 0.1) is 6.10 Å². The second-order valence-corrected chi connectivity index (χ2v) is 7.64. The van der Waals surface area contributed by atoms with Crippen LogP contribution < -0.4 is 0 Å². The number of aliphatic hydroxyl groups is 1. The van der Waals surface area contributed by atoms with Crippen LogP contribution in [0.1, 0.15) is 28.5 Å². The molecule has 3 nitrogen and oxygen atoms in total. The Morgan fingerprint density at radius 3 is 3.11 bits per heavy atom. The van der Waals surface area contributed by atoms with Crippen molar-refractivity contribution in [3.05, 3.63) is 21.9 Å². The van der Waals surface area contributed by atoms with Gasteiger partial charge in [0, 0.05) is 18.5 Å². The number of carbonyl (C=O) groups is 1. The molecule has 0 bridgehead atoms. The average molecular weight is 297 g/mol. The van der Waals surface area contributed by atoms with Gasteiger partial charge in [-0.2, -0.15) is 0 Å². The van der Waals surface area contributed by atoms with Crippen LogP contribution in [-0.4, -0.2) is 41.4 Å². The third-order valence-corrected chi connectivity index (χ3v) is 6.13. The van der Waals surface area contributed by atoms with E-state index >= 15 is 0 Å². The molecule has 2 atom stereocenters. The lowest BCUT2D eigenvalue weighted by molar-refractivity contribution is -0.130. The monoisotopic (exact) mass is 297 g/mol. The zero-order valence-electron chi connectivity index (χ0n) is 11.0. The molecule has 1 aromatic heterocycles. The number of aliphatic hydroxyl groups excluding tert-OH is 1. The van der Waals surface area contributed by atoms with Gasteiger partial charge in [0.2, 0.25) is 5.91 Å². The first kappa shape index (κ1) is 13.5. The maximum atomic E-state index is 12.5.